The number of halogens is 3. The number of hydrogen-bond donors (Lipinski definition) is 0. The molecule has 0 nitrogen and oxygen atoms in total. The van der Waals surface area contributed by atoms with Gasteiger partial charge in [0.15, 0.2) is 0 Å². The average molecular weight is 201 g/mol. The maximum atomic E-state index is 11.8. The normalized spacial score (nSPS) is 11.7. The van der Waals surface area contributed by atoms with Crippen LogP contribution in [-0.2, 0) is 0 Å². The zero-order valence-electron chi connectivity index (χ0n) is 7.93. The van der Waals surface area contributed by atoms with Gasteiger partial charge in [-0.25, -0.2) is 0 Å². The molecule has 0 aliphatic rings. The predicted molar refractivity (Wildman–Crippen MR) is 49.9 cm³/mol. The van der Waals surface area contributed by atoms with E-state index in [1.807, 2.05) is 31.2 Å². The highest BCUT2D eigenvalue weighted by Gasteiger charge is 2.25. The number of benzene rings is 1. The highest BCUT2D eigenvalue weighted by molar-refractivity contribution is 5.26. The predicted octanol–water partition coefficient (Wildman–Crippen LogP) is 3.89. The molecule has 14 heavy (non-hydrogen) atoms. The molecule has 0 bridgehead atoms. The Hall–Kier alpha value is -0.990. The van der Waals surface area contributed by atoms with Gasteiger partial charge in [0, 0.05) is 6.42 Å². The van der Waals surface area contributed by atoms with Crippen LogP contribution in [0.3, 0.4) is 0 Å². The summed E-state index contributed by atoms with van der Waals surface area (Å²) in [5, 5.41) is 0. The van der Waals surface area contributed by atoms with Gasteiger partial charge in [-0.15, -0.1) is 0 Å². The summed E-state index contributed by atoms with van der Waals surface area (Å²) < 4.78 is 35.4. The van der Waals surface area contributed by atoms with Gasteiger partial charge in [-0.3, -0.25) is 0 Å². The van der Waals surface area contributed by atoms with E-state index in [4.69, 9.17) is 0 Å². The molecule has 0 heterocycles. The van der Waals surface area contributed by atoms with E-state index in [0.29, 0.717) is 0 Å². The second kappa shape index (κ2) is 4.49. The van der Waals surface area contributed by atoms with Crippen LogP contribution >= 0.6 is 0 Å². The van der Waals surface area contributed by atoms with Crippen molar-refractivity contribution in [3.05, 3.63) is 41.8 Å². The lowest BCUT2D eigenvalue weighted by Crippen LogP contribution is -2.06. The molecule has 1 aromatic rings. The number of aryl methyl sites for hydroxylation is 1. The first-order valence-electron chi connectivity index (χ1n) is 4.44. The molecule has 0 unspecified atom stereocenters. The van der Waals surface area contributed by atoms with Gasteiger partial charge < -0.3 is 0 Å². The highest BCUT2D eigenvalue weighted by atomic mass is 19.4. The second-order valence-electron chi connectivity index (χ2n) is 3.27. The standard InChI is InChI=1S/C11H12F3/c1-9-4-6-10(7-5-9)3-2-8-11(12,13)14/h3-7H,2,8H2,1H3. The summed E-state index contributed by atoms with van der Waals surface area (Å²) in [5.74, 6) is 0. The van der Waals surface area contributed by atoms with Gasteiger partial charge in [0.2, 0.25) is 0 Å². The Balaban J connectivity index is 2.35. The van der Waals surface area contributed by atoms with Crippen molar-refractivity contribution < 1.29 is 13.2 Å². The van der Waals surface area contributed by atoms with Crippen molar-refractivity contribution >= 4 is 0 Å². The fourth-order valence-electron chi connectivity index (χ4n) is 1.11. The van der Waals surface area contributed by atoms with Gasteiger partial charge >= 0.3 is 6.18 Å². The van der Waals surface area contributed by atoms with E-state index in [-0.39, 0.29) is 6.42 Å². The minimum absolute atomic E-state index is 0.0482. The number of alkyl halides is 3. The summed E-state index contributed by atoms with van der Waals surface area (Å²) >= 11 is 0. The molecule has 0 spiro atoms. The summed E-state index contributed by atoms with van der Waals surface area (Å²) in [6.45, 7) is 1.94. The largest absolute Gasteiger partial charge is 0.389 e. The van der Waals surface area contributed by atoms with E-state index in [1.165, 1.54) is 0 Å². The zero-order chi connectivity index (χ0) is 10.6. The van der Waals surface area contributed by atoms with Gasteiger partial charge in [-0.2, -0.15) is 13.2 Å². The Kier molecular flexibility index (Phi) is 3.55. The van der Waals surface area contributed by atoms with Crippen molar-refractivity contribution in [2.24, 2.45) is 0 Å². The molecule has 0 fully saturated rings. The van der Waals surface area contributed by atoms with Crippen LogP contribution in [0.25, 0.3) is 0 Å². The summed E-state index contributed by atoms with van der Waals surface area (Å²) in [4.78, 5) is 0. The van der Waals surface area contributed by atoms with Crippen LogP contribution in [0.1, 0.15) is 24.0 Å². The van der Waals surface area contributed by atoms with Gasteiger partial charge in [-0.1, -0.05) is 29.8 Å². The summed E-state index contributed by atoms with van der Waals surface area (Å²) in [7, 11) is 0. The van der Waals surface area contributed by atoms with Crippen molar-refractivity contribution in [2.75, 3.05) is 0 Å². The highest BCUT2D eigenvalue weighted by Crippen LogP contribution is 2.23. The molecule has 1 radical (unpaired) electrons. The molecule has 77 valence electrons. The lowest BCUT2D eigenvalue weighted by molar-refractivity contribution is -0.134. The van der Waals surface area contributed by atoms with Gasteiger partial charge in [-0.05, 0) is 25.3 Å². The Morgan fingerprint density at radius 3 is 2.21 bits per heavy atom. The monoisotopic (exact) mass is 201 g/mol. The van der Waals surface area contributed by atoms with Crippen LogP contribution in [0, 0.1) is 13.3 Å². The molecule has 1 aromatic carbocycles. The van der Waals surface area contributed by atoms with E-state index >= 15 is 0 Å². The molecule has 0 amide bonds. The van der Waals surface area contributed by atoms with Crippen LogP contribution in [0.4, 0.5) is 13.2 Å². The molecular weight excluding hydrogens is 189 g/mol. The molecule has 0 N–H and O–H groups in total. The van der Waals surface area contributed by atoms with Crippen molar-refractivity contribution in [1.29, 1.82) is 0 Å². The van der Waals surface area contributed by atoms with Crippen LogP contribution < -0.4 is 0 Å². The van der Waals surface area contributed by atoms with Crippen LogP contribution in [0.5, 0.6) is 0 Å². The fourth-order valence-corrected chi connectivity index (χ4v) is 1.11. The van der Waals surface area contributed by atoms with Crippen molar-refractivity contribution in [1.82, 2.24) is 0 Å². The minimum atomic E-state index is -4.05. The number of rotatable bonds is 3. The van der Waals surface area contributed by atoms with Crippen molar-refractivity contribution in [3.8, 4) is 0 Å². The molecular formula is C11H12F3. The molecule has 1 rings (SSSR count). The first kappa shape index (κ1) is 11.1. The first-order valence-corrected chi connectivity index (χ1v) is 4.44. The minimum Gasteiger partial charge on any atom is -0.171 e. The van der Waals surface area contributed by atoms with Gasteiger partial charge in [0.25, 0.3) is 0 Å². The van der Waals surface area contributed by atoms with Crippen LogP contribution in [0.15, 0.2) is 24.3 Å². The zero-order valence-corrected chi connectivity index (χ0v) is 7.93. The van der Waals surface area contributed by atoms with Crippen molar-refractivity contribution in [3.63, 3.8) is 0 Å². The fraction of sp³-hybridized carbons (Fsp3) is 0.364. The molecule has 3 heteroatoms. The second-order valence-corrected chi connectivity index (χ2v) is 3.27. The Morgan fingerprint density at radius 2 is 1.71 bits per heavy atom. The van der Waals surface area contributed by atoms with Gasteiger partial charge in [0.1, 0.15) is 0 Å². The smallest absolute Gasteiger partial charge is 0.171 e. The van der Waals surface area contributed by atoms with E-state index < -0.39 is 12.6 Å². The summed E-state index contributed by atoms with van der Waals surface area (Å²) in [6.07, 6.45) is -3.15. The lowest BCUT2D eigenvalue weighted by Gasteiger charge is -2.05. The molecule has 0 atom stereocenters. The third-order valence-electron chi connectivity index (χ3n) is 1.89. The summed E-state index contributed by atoms with van der Waals surface area (Å²) in [5.41, 5.74) is 1.96. The number of hydrogen-bond acceptors (Lipinski definition) is 0. The maximum Gasteiger partial charge on any atom is 0.389 e. The molecule has 0 aliphatic heterocycles. The third-order valence-corrected chi connectivity index (χ3v) is 1.89. The molecule has 0 aliphatic carbocycles. The van der Waals surface area contributed by atoms with Crippen LogP contribution in [-0.4, -0.2) is 6.18 Å². The first-order chi connectivity index (χ1) is 6.47. The Morgan fingerprint density at radius 1 is 1.14 bits per heavy atom. The molecule has 0 saturated carbocycles. The van der Waals surface area contributed by atoms with E-state index in [0.717, 1.165) is 11.1 Å². The third kappa shape index (κ3) is 4.30. The Labute approximate surface area is 81.8 Å². The molecule has 0 aromatic heterocycles. The molecule has 0 saturated heterocycles. The average Bonchev–Trinajstić information content (AvgIpc) is 2.06. The lowest BCUT2D eigenvalue weighted by atomic mass is 10.1. The van der Waals surface area contributed by atoms with Gasteiger partial charge in [0.05, 0.1) is 0 Å². The topological polar surface area (TPSA) is 0 Å². The quantitative estimate of drug-likeness (QED) is 0.696. The van der Waals surface area contributed by atoms with Crippen molar-refractivity contribution in [2.45, 2.75) is 25.9 Å². The SMILES string of the molecule is Cc1ccc([CH]CCC(F)(F)F)cc1. The van der Waals surface area contributed by atoms with Crippen LogP contribution in [0.2, 0.25) is 0 Å². The van der Waals surface area contributed by atoms with E-state index in [9.17, 15) is 13.2 Å². The summed E-state index contributed by atoms with van der Waals surface area (Å²) in [6, 6.07) is 7.43. The maximum absolute atomic E-state index is 11.8. The van der Waals surface area contributed by atoms with E-state index in [1.54, 1.807) is 6.42 Å². The Bertz CT molecular complexity index is 272. The van der Waals surface area contributed by atoms with E-state index in [2.05, 4.69) is 0 Å².